The molecule has 5 heteroatoms. The molecule has 82 valence electrons. The van der Waals surface area contributed by atoms with Gasteiger partial charge < -0.3 is 10.6 Å². The Labute approximate surface area is 105 Å². The van der Waals surface area contributed by atoms with E-state index in [9.17, 15) is 0 Å². The molecular formula is C10H12Cl2N2S. The van der Waals surface area contributed by atoms with Gasteiger partial charge in [-0.2, -0.15) is 0 Å². The van der Waals surface area contributed by atoms with Gasteiger partial charge in [-0.15, -0.1) is 0 Å². The molecule has 0 amide bonds. The molecule has 0 aliphatic carbocycles. The van der Waals surface area contributed by atoms with Crippen molar-refractivity contribution in [2.24, 2.45) is 0 Å². The molecule has 0 unspecified atom stereocenters. The summed E-state index contributed by atoms with van der Waals surface area (Å²) in [7, 11) is 0. The van der Waals surface area contributed by atoms with E-state index in [-0.39, 0.29) is 0 Å². The van der Waals surface area contributed by atoms with Crippen molar-refractivity contribution < 1.29 is 0 Å². The predicted molar refractivity (Wildman–Crippen MR) is 71.0 cm³/mol. The molecule has 0 bridgehead atoms. The molecule has 2 N–H and O–H groups in total. The van der Waals surface area contributed by atoms with Crippen molar-refractivity contribution in [3.8, 4) is 0 Å². The monoisotopic (exact) mass is 262 g/mol. The van der Waals surface area contributed by atoms with E-state index >= 15 is 0 Å². The van der Waals surface area contributed by atoms with Gasteiger partial charge in [0.25, 0.3) is 0 Å². The van der Waals surface area contributed by atoms with Crippen LogP contribution in [0.25, 0.3) is 0 Å². The molecule has 0 atom stereocenters. The van der Waals surface area contributed by atoms with Gasteiger partial charge in [-0.1, -0.05) is 30.1 Å². The maximum Gasteiger partial charge on any atom is 0.170 e. The van der Waals surface area contributed by atoms with Crippen LogP contribution in [0.3, 0.4) is 0 Å². The molecule has 1 rings (SSSR count). The molecule has 1 aromatic carbocycles. The van der Waals surface area contributed by atoms with E-state index in [1.54, 1.807) is 18.2 Å². The number of halogens is 2. The predicted octanol–water partition coefficient (Wildman–Crippen LogP) is 3.69. The van der Waals surface area contributed by atoms with Crippen LogP contribution in [-0.4, -0.2) is 11.7 Å². The van der Waals surface area contributed by atoms with Crippen LogP contribution >= 0.6 is 35.4 Å². The van der Waals surface area contributed by atoms with Crippen LogP contribution < -0.4 is 10.6 Å². The fourth-order valence-electron chi connectivity index (χ4n) is 0.998. The number of nitrogens with one attached hydrogen (secondary N) is 2. The maximum absolute atomic E-state index is 5.97. The fourth-order valence-corrected chi connectivity index (χ4v) is 1.55. The van der Waals surface area contributed by atoms with Crippen molar-refractivity contribution in [2.75, 3.05) is 11.9 Å². The number of anilines is 1. The lowest BCUT2D eigenvalue weighted by Gasteiger charge is -2.11. The summed E-state index contributed by atoms with van der Waals surface area (Å²) in [6.45, 7) is 2.91. The zero-order valence-electron chi connectivity index (χ0n) is 8.31. The molecule has 0 saturated heterocycles. The van der Waals surface area contributed by atoms with Gasteiger partial charge in [0.05, 0.1) is 10.7 Å². The Morgan fingerprint density at radius 3 is 2.80 bits per heavy atom. The van der Waals surface area contributed by atoms with Crippen molar-refractivity contribution in [3.63, 3.8) is 0 Å². The van der Waals surface area contributed by atoms with Crippen LogP contribution in [0.2, 0.25) is 10.0 Å². The summed E-state index contributed by atoms with van der Waals surface area (Å²) in [6, 6.07) is 5.20. The van der Waals surface area contributed by atoms with Crippen LogP contribution in [-0.2, 0) is 0 Å². The Kier molecular flexibility index (Phi) is 5.15. The van der Waals surface area contributed by atoms with Crippen molar-refractivity contribution >= 4 is 46.2 Å². The number of rotatable bonds is 3. The highest BCUT2D eigenvalue weighted by Gasteiger charge is 2.02. The van der Waals surface area contributed by atoms with E-state index in [1.807, 2.05) is 0 Å². The zero-order chi connectivity index (χ0) is 11.3. The Morgan fingerprint density at radius 2 is 2.13 bits per heavy atom. The molecule has 0 spiro atoms. The van der Waals surface area contributed by atoms with E-state index in [0.717, 1.165) is 18.7 Å². The van der Waals surface area contributed by atoms with Crippen molar-refractivity contribution in [1.29, 1.82) is 0 Å². The lowest BCUT2D eigenvalue weighted by Crippen LogP contribution is -2.28. The van der Waals surface area contributed by atoms with Crippen LogP contribution in [0.5, 0.6) is 0 Å². The molecule has 0 aliphatic rings. The first-order valence-electron chi connectivity index (χ1n) is 4.63. The van der Waals surface area contributed by atoms with E-state index in [2.05, 4.69) is 17.6 Å². The van der Waals surface area contributed by atoms with Gasteiger partial charge in [0.1, 0.15) is 0 Å². The summed E-state index contributed by atoms with van der Waals surface area (Å²) >= 11 is 16.9. The van der Waals surface area contributed by atoms with Gasteiger partial charge in [0.15, 0.2) is 5.11 Å². The first kappa shape index (κ1) is 12.6. The Hall–Kier alpha value is -0.510. The summed E-state index contributed by atoms with van der Waals surface area (Å²) in [4.78, 5) is 0. The smallest absolute Gasteiger partial charge is 0.170 e. The fraction of sp³-hybridized carbons (Fsp3) is 0.300. The van der Waals surface area contributed by atoms with Crippen LogP contribution in [0.4, 0.5) is 5.69 Å². The molecule has 0 radical (unpaired) electrons. The molecule has 0 heterocycles. The molecule has 2 nitrogen and oxygen atoms in total. The number of benzene rings is 1. The summed E-state index contributed by atoms with van der Waals surface area (Å²) in [5.74, 6) is 0. The van der Waals surface area contributed by atoms with Crippen LogP contribution in [0.1, 0.15) is 13.3 Å². The molecule has 0 aromatic heterocycles. The molecule has 15 heavy (non-hydrogen) atoms. The maximum atomic E-state index is 5.97. The van der Waals surface area contributed by atoms with Gasteiger partial charge in [-0.3, -0.25) is 0 Å². The lowest BCUT2D eigenvalue weighted by atomic mass is 10.3. The van der Waals surface area contributed by atoms with Crippen molar-refractivity contribution in [1.82, 2.24) is 5.32 Å². The normalized spacial score (nSPS) is 9.80. The molecule has 1 aromatic rings. The highest BCUT2D eigenvalue weighted by Crippen LogP contribution is 2.25. The Morgan fingerprint density at radius 1 is 1.40 bits per heavy atom. The number of hydrogen-bond donors (Lipinski definition) is 2. The van der Waals surface area contributed by atoms with Crippen LogP contribution in [0.15, 0.2) is 18.2 Å². The third-order valence-electron chi connectivity index (χ3n) is 1.71. The minimum atomic E-state index is 0.556. The third kappa shape index (κ3) is 4.24. The first-order chi connectivity index (χ1) is 7.13. The molecule has 0 fully saturated rings. The van der Waals surface area contributed by atoms with Crippen LogP contribution in [0, 0.1) is 0 Å². The standard InChI is InChI=1S/C10H12Cl2N2S/c1-2-5-13-10(15)14-9-6-7(11)3-4-8(9)12/h3-4,6H,2,5H2,1H3,(H2,13,14,15). The second kappa shape index (κ2) is 6.16. The Bertz CT molecular complexity index is 355. The van der Waals surface area contributed by atoms with E-state index in [4.69, 9.17) is 35.4 Å². The summed E-state index contributed by atoms with van der Waals surface area (Å²) in [6.07, 6.45) is 1.02. The number of thiocarbonyl (C=S) groups is 1. The van der Waals surface area contributed by atoms with Gasteiger partial charge in [0.2, 0.25) is 0 Å². The topological polar surface area (TPSA) is 24.1 Å². The van der Waals surface area contributed by atoms with Gasteiger partial charge in [-0.05, 0) is 36.8 Å². The molecule has 0 aliphatic heterocycles. The molecular weight excluding hydrogens is 251 g/mol. The van der Waals surface area contributed by atoms with Crippen molar-refractivity contribution in [2.45, 2.75) is 13.3 Å². The summed E-state index contributed by atoms with van der Waals surface area (Å²) < 4.78 is 0. The lowest BCUT2D eigenvalue weighted by molar-refractivity contribution is 0.846. The minimum absolute atomic E-state index is 0.556. The van der Waals surface area contributed by atoms with Gasteiger partial charge in [-0.25, -0.2) is 0 Å². The average Bonchev–Trinajstić information content (AvgIpc) is 2.20. The second-order valence-corrected chi connectivity index (χ2v) is 4.26. The quantitative estimate of drug-likeness (QED) is 0.813. The largest absolute Gasteiger partial charge is 0.362 e. The highest BCUT2D eigenvalue weighted by atomic mass is 35.5. The zero-order valence-corrected chi connectivity index (χ0v) is 10.6. The van der Waals surface area contributed by atoms with E-state index in [1.165, 1.54) is 0 Å². The summed E-state index contributed by atoms with van der Waals surface area (Å²) in [5, 5.41) is 7.81. The van der Waals surface area contributed by atoms with Gasteiger partial charge >= 0.3 is 0 Å². The number of hydrogen-bond acceptors (Lipinski definition) is 1. The minimum Gasteiger partial charge on any atom is -0.362 e. The highest BCUT2D eigenvalue weighted by molar-refractivity contribution is 7.80. The summed E-state index contributed by atoms with van der Waals surface area (Å²) in [5.41, 5.74) is 0.720. The SMILES string of the molecule is CCCNC(=S)Nc1cc(Cl)ccc1Cl. The first-order valence-corrected chi connectivity index (χ1v) is 5.79. The second-order valence-electron chi connectivity index (χ2n) is 3.01. The third-order valence-corrected chi connectivity index (χ3v) is 2.52. The molecule has 0 saturated carbocycles. The van der Waals surface area contributed by atoms with E-state index < -0.39 is 0 Å². The van der Waals surface area contributed by atoms with Gasteiger partial charge in [0, 0.05) is 11.6 Å². The Balaban J connectivity index is 2.63. The average molecular weight is 263 g/mol. The van der Waals surface area contributed by atoms with Crippen molar-refractivity contribution in [3.05, 3.63) is 28.2 Å². The van der Waals surface area contributed by atoms with E-state index in [0.29, 0.717) is 15.2 Å².